The lowest BCUT2D eigenvalue weighted by molar-refractivity contribution is 0.0751. The first-order chi connectivity index (χ1) is 26.0. The Morgan fingerprint density at radius 2 is 1.31 bits per heavy atom. The van der Waals surface area contributed by atoms with E-state index in [4.69, 9.17) is 44.3 Å². The molecule has 0 aliphatic carbocycles. The van der Waals surface area contributed by atoms with Gasteiger partial charge in [-0.05, 0) is 128 Å². The number of benzene rings is 5. The van der Waals surface area contributed by atoms with Gasteiger partial charge in [-0.3, -0.25) is 19.2 Å². The van der Waals surface area contributed by atoms with Gasteiger partial charge >= 0.3 is 0 Å². The van der Waals surface area contributed by atoms with Gasteiger partial charge in [-0.25, -0.2) is 5.01 Å². The van der Waals surface area contributed by atoms with Crippen molar-refractivity contribution in [2.24, 2.45) is 5.10 Å². The van der Waals surface area contributed by atoms with Crippen molar-refractivity contribution in [3.63, 3.8) is 0 Å². The fourth-order valence-corrected chi connectivity index (χ4v) is 5.84. The number of nitrogens with one attached hydrogen (secondary N) is 2. The Hall–Kier alpha value is -5.68. The topological polar surface area (TPSA) is 126 Å². The number of methoxy groups -OCH3 is 1. The van der Waals surface area contributed by atoms with E-state index < -0.39 is 5.24 Å². The van der Waals surface area contributed by atoms with Crippen molar-refractivity contribution in [2.75, 3.05) is 30.9 Å². The standard InChI is InChI=1S/C34H31ClN4O5.C7H4Cl2O/c1-3-44-31-21-23(14-17-30(31)43-2)29-11-6-18-39(38-29)34(42)22-12-15-27(16-13-22)36-33(41)25-8-5-10-28(20-25)37-32(40)24-7-4-9-26(35)19-24;8-6-3-1-2-5(4-6)7(9)10/h4-5,7-10,12-17,19-21H,3,6,11,18H2,1-2H3,(H,36,41)(H,37,40);1-4H. The van der Waals surface area contributed by atoms with E-state index in [1.54, 1.807) is 98.1 Å². The number of anilines is 2. The zero-order valence-electron chi connectivity index (χ0n) is 29.3. The van der Waals surface area contributed by atoms with Crippen LogP contribution in [0, 0.1) is 0 Å². The van der Waals surface area contributed by atoms with Gasteiger partial charge < -0.3 is 20.1 Å². The molecule has 1 aliphatic heterocycles. The maximum absolute atomic E-state index is 13.3. The summed E-state index contributed by atoms with van der Waals surface area (Å²) < 4.78 is 11.1. The van der Waals surface area contributed by atoms with Crippen LogP contribution in [-0.4, -0.2) is 53.9 Å². The maximum atomic E-state index is 13.3. The van der Waals surface area contributed by atoms with Crippen molar-refractivity contribution in [1.29, 1.82) is 0 Å². The third kappa shape index (κ3) is 10.7. The van der Waals surface area contributed by atoms with E-state index in [0.29, 0.717) is 68.3 Å². The molecule has 10 nitrogen and oxygen atoms in total. The van der Waals surface area contributed by atoms with Crippen LogP contribution in [0.15, 0.2) is 120 Å². The lowest BCUT2D eigenvalue weighted by atomic mass is 10.0. The van der Waals surface area contributed by atoms with Crippen LogP contribution in [-0.2, 0) is 0 Å². The molecule has 1 aliphatic rings. The van der Waals surface area contributed by atoms with Gasteiger partial charge in [0, 0.05) is 55.8 Å². The number of nitrogens with zero attached hydrogens (tertiary/aromatic N) is 2. The first-order valence-electron chi connectivity index (χ1n) is 16.8. The van der Waals surface area contributed by atoms with E-state index in [9.17, 15) is 19.2 Å². The van der Waals surface area contributed by atoms with Crippen LogP contribution < -0.4 is 20.1 Å². The number of hydrazone groups is 1. The van der Waals surface area contributed by atoms with Crippen LogP contribution in [0.5, 0.6) is 11.5 Å². The van der Waals surface area contributed by atoms with Crippen molar-refractivity contribution in [1.82, 2.24) is 5.01 Å². The fraction of sp³-hybridized carbons (Fsp3) is 0.146. The van der Waals surface area contributed by atoms with Gasteiger partial charge in [0.05, 0.1) is 19.4 Å². The molecule has 0 saturated heterocycles. The quantitative estimate of drug-likeness (QED) is 0.136. The molecule has 5 aromatic carbocycles. The molecule has 3 amide bonds. The van der Waals surface area contributed by atoms with Crippen molar-refractivity contribution >= 4 is 74.9 Å². The molecule has 0 spiro atoms. The van der Waals surface area contributed by atoms with Gasteiger partial charge in [-0.2, -0.15) is 5.10 Å². The molecule has 276 valence electrons. The van der Waals surface area contributed by atoms with E-state index in [1.165, 1.54) is 11.1 Å². The Labute approximate surface area is 327 Å². The second-order valence-corrected chi connectivity index (χ2v) is 13.0. The van der Waals surface area contributed by atoms with Gasteiger partial charge in [-0.1, -0.05) is 41.4 Å². The van der Waals surface area contributed by atoms with Crippen LogP contribution in [0.2, 0.25) is 10.0 Å². The lowest BCUT2D eigenvalue weighted by Crippen LogP contribution is -2.32. The van der Waals surface area contributed by atoms with E-state index in [2.05, 4.69) is 15.7 Å². The third-order valence-corrected chi connectivity index (χ3v) is 8.66. The fourth-order valence-electron chi connectivity index (χ4n) is 5.35. The molecule has 0 unspecified atom stereocenters. The highest BCUT2D eigenvalue weighted by Crippen LogP contribution is 2.30. The zero-order valence-corrected chi connectivity index (χ0v) is 31.5. The van der Waals surface area contributed by atoms with E-state index in [1.807, 2.05) is 25.1 Å². The maximum Gasteiger partial charge on any atom is 0.273 e. The Morgan fingerprint density at radius 3 is 1.93 bits per heavy atom. The second kappa shape index (κ2) is 18.9. The summed E-state index contributed by atoms with van der Waals surface area (Å²) in [5.41, 5.74) is 4.29. The first-order valence-corrected chi connectivity index (χ1v) is 17.9. The van der Waals surface area contributed by atoms with Gasteiger partial charge in [-0.15, -0.1) is 0 Å². The van der Waals surface area contributed by atoms with E-state index in [0.717, 1.165) is 24.1 Å². The number of hydrogen-bond donors (Lipinski definition) is 2. The molecule has 6 rings (SSSR count). The van der Waals surface area contributed by atoms with E-state index in [-0.39, 0.29) is 17.7 Å². The molecule has 5 aromatic rings. The Balaban J connectivity index is 0.000000486. The molecule has 0 bridgehead atoms. The van der Waals surface area contributed by atoms with Crippen molar-refractivity contribution in [3.05, 3.63) is 153 Å². The van der Waals surface area contributed by atoms with Gasteiger partial charge in [0.25, 0.3) is 23.0 Å². The monoisotopic (exact) mass is 784 g/mol. The predicted octanol–water partition coefficient (Wildman–Crippen LogP) is 9.61. The molecule has 0 saturated carbocycles. The summed E-state index contributed by atoms with van der Waals surface area (Å²) in [6, 6.07) is 32.0. The van der Waals surface area contributed by atoms with E-state index >= 15 is 0 Å². The van der Waals surface area contributed by atoms with Crippen LogP contribution in [0.4, 0.5) is 11.4 Å². The molecule has 13 heteroatoms. The number of halogens is 3. The van der Waals surface area contributed by atoms with Crippen molar-refractivity contribution < 1.29 is 28.7 Å². The smallest absolute Gasteiger partial charge is 0.273 e. The summed E-state index contributed by atoms with van der Waals surface area (Å²) in [6.45, 7) is 2.91. The summed E-state index contributed by atoms with van der Waals surface area (Å²) >= 11 is 16.7. The largest absolute Gasteiger partial charge is 0.493 e. The van der Waals surface area contributed by atoms with Gasteiger partial charge in [0.2, 0.25) is 0 Å². The molecular weight excluding hydrogens is 751 g/mol. The molecule has 0 fully saturated rings. The highest BCUT2D eigenvalue weighted by Gasteiger charge is 2.22. The number of ether oxygens (including phenoxy) is 2. The summed E-state index contributed by atoms with van der Waals surface area (Å²) in [7, 11) is 1.59. The van der Waals surface area contributed by atoms with Crippen LogP contribution in [0.1, 0.15) is 66.8 Å². The SMILES string of the molecule is CCOc1cc(C2=NN(C(=O)c3ccc(NC(=O)c4cccc(NC(=O)c5cccc(Cl)c5)c4)cc3)CCC2)ccc1OC.O=C(Cl)c1cccc(Cl)c1. The Bertz CT molecular complexity index is 2190. The number of amides is 3. The molecule has 0 aromatic heterocycles. The third-order valence-electron chi connectivity index (χ3n) is 7.97. The molecule has 2 N–H and O–H groups in total. The summed E-state index contributed by atoms with van der Waals surface area (Å²) in [4.78, 5) is 49.3. The predicted molar refractivity (Wildman–Crippen MR) is 213 cm³/mol. The second-order valence-electron chi connectivity index (χ2n) is 11.7. The normalized spacial score (nSPS) is 12.0. The van der Waals surface area contributed by atoms with Crippen LogP contribution >= 0.6 is 34.8 Å². The summed E-state index contributed by atoms with van der Waals surface area (Å²) in [5.74, 6) is 0.335. The van der Waals surface area contributed by atoms with Gasteiger partial charge in [0.1, 0.15) is 0 Å². The number of rotatable bonds is 10. The highest BCUT2D eigenvalue weighted by atomic mass is 35.5. The van der Waals surface area contributed by atoms with Gasteiger partial charge in [0.15, 0.2) is 11.5 Å². The molecule has 54 heavy (non-hydrogen) atoms. The average molecular weight is 786 g/mol. The summed E-state index contributed by atoms with van der Waals surface area (Å²) in [5, 5.41) is 12.2. The van der Waals surface area contributed by atoms with Crippen LogP contribution in [0.25, 0.3) is 0 Å². The lowest BCUT2D eigenvalue weighted by Gasteiger charge is -2.24. The summed E-state index contributed by atoms with van der Waals surface area (Å²) in [6.07, 6.45) is 1.51. The van der Waals surface area contributed by atoms with Crippen molar-refractivity contribution in [2.45, 2.75) is 19.8 Å². The average Bonchev–Trinajstić information content (AvgIpc) is 3.18. The molecule has 0 atom stereocenters. The minimum Gasteiger partial charge on any atom is -0.493 e. The van der Waals surface area contributed by atoms with Crippen molar-refractivity contribution in [3.8, 4) is 11.5 Å². The molecule has 0 radical (unpaired) electrons. The number of hydrogen-bond acceptors (Lipinski definition) is 7. The highest BCUT2D eigenvalue weighted by molar-refractivity contribution is 6.67. The number of carbonyl (C=O) groups is 4. The zero-order chi connectivity index (χ0) is 38.6. The molecular formula is C41H35Cl3N4O6. The number of carbonyl (C=O) groups excluding carboxylic acids is 4. The minimum absolute atomic E-state index is 0.234. The Morgan fingerprint density at radius 1 is 0.704 bits per heavy atom. The minimum atomic E-state index is -0.484. The van der Waals surface area contributed by atoms with Crippen LogP contribution in [0.3, 0.4) is 0 Å². The Kier molecular flexibility index (Phi) is 13.8. The first kappa shape index (κ1) is 39.5. The molecule has 1 heterocycles.